The van der Waals surface area contributed by atoms with E-state index in [1.165, 1.54) is 23.9 Å². The molecule has 2 heterocycles. The first-order valence-electron chi connectivity index (χ1n) is 10.9. The first-order chi connectivity index (χ1) is 14.4. The number of aromatic nitrogens is 2. The van der Waals surface area contributed by atoms with Crippen LogP contribution in [0.1, 0.15) is 37.4 Å². The summed E-state index contributed by atoms with van der Waals surface area (Å²) in [6, 6.07) is 6.59. The van der Waals surface area contributed by atoms with Gasteiger partial charge in [0.2, 0.25) is 0 Å². The predicted molar refractivity (Wildman–Crippen MR) is 130 cm³/mol. The third-order valence-electron chi connectivity index (χ3n) is 6.90. The van der Waals surface area contributed by atoms with E-state index in [2.05, 4.69) is 72.7 Å². The zero-order valence-electron chi connectivity index (χ0n) is 19.1. The number of anilines is 3. The smallest absolute Gasteiger partial charge is 0.0967 e. The highest BCUT2D eigenvalue weighted by Gasteiger charge is 2.43. The third kappa shape index (κ3) is 3.11. The van der Waals surface area contributed by atoms with Crippen molar-refractivity contribution >= 4 is 28.1 Å². The van der Waals surface area contributed by atoms with Crippen molar-refractivity contribution in [2.75, 3.05) is 37.1 Å². The number of aryl methyl sites for hydroxylation is 2. The summed E-state index contributed by atoms with van der Waals surface area (Å²) < 4.78 is 2.26. The molecule has 1 unspecified atom stereocenters. The molecule has 30 heavy (non-hydrogen) atoms. The highest BCUT2D eigenvalue weighted by Crippen LogP contribution is 2.52. The van der Waals surface area contributed by atoms with Crippen molar-refractivity contribution in [1.82, 2.24) is 9.55 Å². The van der Waals surface area contributed by atoms with E-state index in [4.69, 9.17) is 4.98 Å². The van der Waals surface area contributed by atoms with E-state index in [0.717, 1.165) is 45.8 Å². The molecule has 1 radical (unpaired) electrons. The summed E-state index contributed by atoms with van der Waals surface area (Å²) in [7, 11) is 8.03. The van der Waals surface area contributed by atoms with E-state index in [-0.39, 0.29) is 5.41 Å². The summed E-state index contributed by atoms with van der Waals surface area (Å²) in [4.78, 5) is 5.04. The predicted octanol–water partition coefficient (Wildman–Crippen LogP) is 5.57. The first kappa shape index (κ1) is 20.6. The Morgan fingerprint density at radius 2 is 1.73 bits per heavy atom. The van der Waals surface area contributed by atoms with Gasteiger partial charge in [0.15, 0.2) is 0 Å². The van der Waals surface area contributed by atoms with Gasteiger partial charge in [-0.05, 0) is 61.3 Å². The van der Waals surface area contributed by atoms with Crippen LogP contribution in [-0.4, -0.2) is 30.7 Å². The molecule has 4 rings (SSSR count). The molecule has 2 aromatic heterocycles. The van der Waals surface area contributed by atoms with E-state index in [1.807, 2.05) is 21.1 Å². The zero-order valence-corrected chi connectivity index (χ0v) is 19.1. The molecule has 1 aromatic carbocycles. The van der Waals surface area contributed by atoms with Crippen LogP contribution in [0.5, 0.6) is 0 Å². The van der Waals surface area contributed by atoms with Gasteiger partial charge in [0.1, 0.15) is 0 Å². The molecule has 0 saturated heterocycles. The lowest BCUT2D eigenvalue weighted by Crippen LogP contribution is -2.25. The maximum atomic E-state index is 5.04. The largest absolute Gasteiger partial charge is 0.388 e. The second kappa shape index (κ2) is 7.53. The lowest BCUT2D eigenvalue weighted by Gasteiger charge is -2.30. The third-order valence-corrected chi connectivity index (χ3v) is 6.90. The number of rotatable bonds is 7. The van der Waals surface area contributed by atoms with Gasteiger partial charge in [-0.15, -0.1) is 0 Å². The fraction of sp³-hybridized carbons (Fsp3) is 0.440. The minimum atomic E-state index is 0.0863. The second-order valence-electron chi connectivity index (χ2n) is 8.80. The molecule has 159 valence electrons. The molecule has 0 spiro atoms. The SMILES string of the molecule is [CH2]CC(C)(c1cc(C)nc2c(-c3c(NC)cc(NC)cc3NC)cn(C)c12)C1CC1. The van der Waals surface area contributed by atoms with Crippen molar-refractivity contribution < 1.29 is 0 Å². The Labute approximate surface area is 180 Å². The Morgan fingerprint density at radius 3 is 2.23 bits per heavy atom. The number of fused-ring (bicyclic) bond motifs is 1. The maximum absolute atomic E-state index is 5.04. The zero-order chi connectivity index (χ0) is 21.6. The minimum Gasteiger partial charge on any atom is -0.388 e. The van der Waals surface area contributed by atoms with Gasteiger partial charge < -0.3 is 20.5 Å². The van der Waals surface area contributed by atoms with Crippen LogP contribution in [0.25, 0.3) is 22.2 Å². The van der Waals surface area contributed by atoms with E-state index < -0.39 is 0 Å². The summed E-state index contributed by atoms with van der Waals surface area (Å²) in [6.45, 7) is 8.84. The van der Waals surface area contributed by atoms with Gasteiger partial charge in [0.05, 0.1) is 11.0 Å². The fourth-order valence-electron chi connectivity index (χ4n) is 4.90. The Hall–Kier alpha value is -2.69. The van der Waals surface area contributed by atoms with Crippen molar-refractivity contribution in [2.24, 2.45) is 13.0 Å². The molecule has 1 saturated carbocycles. The van der Waals surface area contributed by atoms with Gasteiger partial charge in [0.25, 0.3) is 0 Å². The van der Waals surface area contributed by atoms with Gasteiger partial charge in [-0.25, -0.2) is 0 Å². The number of pyridine rings is 1. The van der Waals surface area contributed by atoms with Crippen molar-refractivity contribution in [1.29, 1.82) is 0 Å². The van der Waals surface area contributed by atoms with Gasteiger partial charge in [-0.1, -0.05) is 13.8 Å². The van der Waals surface area contributed by atoms with E-state index >= 15 is 0 Å². The minimum absolute atomic E-state index is 0.0863. The highest BCUT2D eigenvalue weighted by atomic mass is 15.0. The molecule has 3 N–H and O–H groups in total. The summed E-state index contributed by atoms with van der Waals surface area (Å²) in [5, 5.41) is 10.0. The molecule has 0 bridgehead atoms. The molecule has 0 amide bonds. The summed E-state index contributed by atoms with van der Waals surface area (Å²) in [5.74, 6) is 0.717. The number of nitrogens with zero attached hydrogens (tertiary/aromatic N) is 2. The normalized spacial score (nSPS) is 15.8. The van der Waals surface area contributed by atoms with Crippen LogP contribution in [0.4, 0.5) is 17.1 Å². The molecule has 0 aliphatic heterocycles. The van der Waals surface area contributed by atoms with E-state index in [1.54, 1.807) is 0 Å². The van der Waals surface area contributed by atoms with Crippen LogP contribution in [0.15, 0.2) is 24.4 Å². The Balaban J connectivity index is 2.04. The van der Waals surface area contributed by atoms with E-state index in [9.17, 15) is 0 Å². The van der Waals surface area contributed by atoms with Crippen LogP contribution >= 0.6 is 0 Å². The number of nitrogens with one attached hydrogen (secondary N) is 3. The average Bonchev–Trinajstić information content (AvgIpc) is 3.56. The van der Waals surface area contributed by atoms with Crippen molar-refractivity contribution in [3.63, 3.8) is 0 Å². The standard InChI is InChI=1S/C25H34N5/c1-8-25(3,16-9-10-16)19-11-15(2)29-23-18(14-30(7)24(19)23)22-20(27-5)12-17(26-4)13-21(22)28-6/h11-14,16,26-28H,1,8-10H2,2-7H3. The van der Waals surface area contributed by atoms with Gasteiger partial charge in [-0.3, -0.25) is 4.98 Å². The molecular weight excluding hydrogens is 370 g/mol. The number of hydrogen-bond donors (Lipinski definition) is 3. The Morgan fingerprint density at radius 1 is 1.10 bits per heavy atom. The lowest BCUT2D eigenvalue weighted by atomic mass is 9.75. The molecule has 5 heteroatoms. The number of benzene rings is 1. The van der Waals surface area contributed by atoms with Crippen molar-refractivity contribution in [2.45, 2.75) is 38.5 Å². The van der Waals surface area contributed by atoms with Crippen LogP contribution in [-0.2, 0) is 12.5 Å². The maximum Gasteiger partial charge on any atom is 0.0967 e. The first-order valence-corrected chi connectivity index (χ1v) is 10.9. The monoisotopic (exact) mass is 404 g/mol. The molecule has 1 aliphatic rings. The molecule has 3 aromatic rings. The fourth-order valence-corrected chi connectivity index (χ4v) is 4.90. The summed E-state index contributed by atoms with van der Waals surface area (Å²) in [5.41, 5.74) is 10.4. The van der Waals surface area contributed by atoms with Crippen LogP contribution in [0.2, 0.25) is 0 Å². The molecule has 1 atom stereocenters. The summed E-state index contributed by atoms with van der Waals surface area (Å²) >= 11 is 0. The Bertz CT molecular complexity index is 1070. The topological polar surface area (TPSA) is 53.9 Å². The molecular formula is C25H34N5. The molecule has 5 nitrogen and oxygen atoms in total. The van der Waals surface area contributed by atoms with Gasteiger partial charge in [-0.2, -0.15) is 0 Å². The van der Waals surface area contributed by atoms with E-state index in [0.29, 0.717) is 5.92 Å². The van der Waals surface area contributed by atoms with Gasteiger partial charge in [0, 0.05) is 68.3 Å². The van der Waals surface area contributed by atoms with Crippen LogP contribution < -0.4 is 16.0 Å². The highest BCUT2D eigenvalue weighted by molar-refractivity contribution is 6.03. The molecule has 1 aliphatic carbocycles. The number of hydrogen-bond acceptors (Lipinski definition) is 4. The van der Waals surface area contributed by atoms with Crippen LogP contribution in [0.3, 0.4) is 0 Å². The summed E-state index contributed by atoms with van der Waals surface area (Å²) in [6.07, 6.45) is 5.72. The van der Waals surface area contributed by atoms with Crippen molar-refractivity contribution in [3.8, 4) is 11.1 Å². The molecule has 1 fully saturated rings. The second-order valence-corrected chi connectivity index (χ2v) is 8.80. The van der Waals surface area contributed by atoms with Crippen molar-refractivity contribution in [3.05, 3.63) is 42.6 Å². The quantitative estimate of drug-likeness (QED) is 0.482. The van der Waals surface area contributed by atoms with Gasteiger partial charge >= 0.3 is 0 Å². The Kier molecular flexibility index (Phi) is 5.16. The average molecular weight is 405 g/mol. The lowest BCUT2D eigenvalue weighted by molar-refractivity contribution is 0.414. The van der Waals surface area contributed by atoms with Crippen LogP contribution in [0, 0.1) is 19.8 Å².